The topological polar surface area (TPSA) is 230 Å². The monoisotopic (exact) mass is 344 g/mol. The minimum absolute atomic E-state index is 0. The van der Waals surface area contributed by atoms with E-state index in [0.717, 1.165) is 0 Å². The second-order valence-electron chi connectivity index (χ2n) is 0.671. The average Bonchev–Trinajstić information content (AvgIpc) is 1.54. The molecule has 0 aromatic carbocycles. The zero-order valence-corrected chi connectivity index (χ0v) is 9.16. The van der Waals surface area contributed by atoms with Gasteiger partial charge in [0.25, 0.3) is 0 Å². The predicted octanol–water partition coefficient (Wildman–Crippen LogP) is -1.54. The van der Waals surface area contributed by atoms with Crippen LogP contribution in [0.4, 0.5) is 0 Å². The van der Waals surface area contributed by atoms with Crippen molar-refractivity contribution in [3.63, 3.8) is 0 Å². The maximum absolute atomic E-state index is 8.25. The standard InChI is InChI=1S/Ce.3NO3.H2O/c;3*2-1(3)4;/h;;;;1H2/q+3;3*-1;. The van der Waals surface area contributed by atoms with Gasteiger partial charge in [-0.1, -0.05) is 0 Å². The average molecular weight is 344 g/mol. The van der Waals surface area contributed by atoms with Crippen LogP contribution in [-0.2, 0) is 0 Å². The second kappa shape index (κ2) is 22.7. The van der Waals surface area contributed by atoms with Crippen LogP contribution in [0.3, 0.4) is 0 Å². The smallest absolute Gasteiger partial charge is 0.412 e. The largest absolute Gasteiger partial charge is 3.00 e. The summed E-state index contributed by atoms with van der Waals surface area (Å²) in [6, 6.07) is 0. The quantitative estimate of drug-likeness (QED) is 0.365. The summed E-state index contributed by atoms with van der Waals surface area (Å²) < 4.78 is 0. The van der Waals surface area contributed by atoms with E-state index in [0.29, 0.717) is 0 Å². The molecule has 0 aliphatic carbocycles. The van der Waals surface area contributed by atoms with Crippen LogP contribution in [0, 0.1) is 87.7 Å². The first-order valence-corrected chi connectivity index (χ1v) is 1.64. The minimum Gasteiger partial charge on any atom is -0.412 e. The van der Waals surface area contributed by atoms with Crippen LogP contribution in [0.2, 0.25) is 0 Å². The molecule has 0 unspecified atom stereocenters. The van der Waals surface area contributed by atoms with Gasteiger partial charge in [0.05, 0.1) is 15.3 Å². The Balaban J connectivity index is -0.0000000270. The fourth-order valence-corrected chi connectivity index (χ4v) is 0. The van der Waals surface area contributed by atoms with Crippen LogP contribution in [0.15, 0.2) is 0 Å². The molecule has 0 spiro atoms. The molecule has 0 rings (SSSR count). The van der Waals surface area contributed by atoms with Crippen LogP contribution >= 0.6 is 0 Å². The maximum Gasteiger partial charge on any atom is 3.00 e. The van der Waals surface area contributed by atoms with Crippen molar-refractivity contribution in [1.29, 1.82) is 0 Å². The van der Waals surface area contributed by atoms with Gasteiger partial charge in [0.1, 0.15) is 0 Å². The summed E-state index contributed by atoms with van der Waals surface area (Å²) in [6.07, 6.45) is 0. The SMILES string of the molecule is O.O=[N+]([O-])[O-].O=[N+]([O-])[O-].O=[N+]([O-])[O-].[Ce+3]. The first-order chi connectivity index (χ1) is 5.20. The zero-order chi connectivity index (χ0) is 10.7. The Labute approximate surface area is 108 Å². The number of hydrogen-bond acceptors (Lipinski definition) is 9. The van der Waals surface area contributed by atoms with Crippen molar-refractivity contribution in [2.75, 3.05) is 0 Å². The van der Waals surface area contributed by atoms with Crippen molar-refractivity contribution in [3.05, 3.63) is 46.0 Å². The van der Waals surface area contributed by atoms with Crippen molar-refractivity contribution in [2.45, 2.75) is 0 Å². The molecular formula is H2CeN3O10. The molecule has 0 bridgehead atoms. The molecule has 0 aromatic heterocycles. The fourth-order valence-electron chi connectivity index (χ4n) is 0. The Morgan fingerprint density at radius 1 is 0.571 bits per heavy atom. The number of rotatable bonds is 0. The molecule has 0 aliphatic heterocycles. The zero-order valence-electron chi connectivity index (χ0n) is 6.02. The first kappa shape index (κ1) is 29.3. The third kappa shape index (κ3) is 955. The Hall–Kier alpha value is -1.06. The van der Waals surface area contributed by atoms with E-state index in [9.17, 15) is 0 Å². The van der Waals surface area contributed by atoms with Crippen LogP contribution in [0.5, 0.6) is 0 Å². The maximum atomic E-state index is 8.25. The third-order valence-electron chi connectivity index (χ3n) is 0. The van der Waals surface area contributed by atoms with Crippen molar-refractivity contribution in [1.82, 2.24) is 0 Å². The van der Waals surface area contributed by atoms with Crippen LogP contribution in [-0.4, -0.2) is 20.7 Å². The van der Waals surface area contributed by atoms with Crippen molar-refractivity contribution in [2.24, 2.45) is 0 Å². The van der Waals surface area contributed by atoms with E-state index in [1.807, 2.05) is 0 Å². The molecule has 0 heterocycles. The van der Waals surface area contributed by atoms with Gasteiger partial charge in [-0.15, -0.1) is 0 Å². The van der Waals surface area contributed by atoms with Gasteiger partial charge in [-0.05, 0) is 0 Å². The summed E-state index contributed by atoms with van der Waals surface area (Å²) in [4.78, 5) is 24.8. The van der Waals surface area contributed by atoms with E-state index in [2.05, 4.69) is 0 Å². The van der Waals surface area contributed by atoms with E-state index in [-0.39, 0.29) is 47.2 Å². The van der Waals surface area contributed by atoms with E-state index in [1.54, 1.807) is 0 Å². The summed E-state index contributed by atoms with van der Waals surface area (Å²) >= 11 is 0. The van der Waals surface area contributed by atoms with Crippen molar-refractivity contribution < 1.29 is 62.5 Å². The van der Waals surface area contributed by atoms with Gasteiger partial charge < -0.3 is 51.4 Å². The van der Waals surface area contributed by atoms with Gasteiger partial charge in [0.15, 0.2) is 0 Å². The van der Waals surface area contributed by atoms with Crippen LogP contribution < -0.4 is 0 Å². The predicted molar refractivity (Wildman–Crippen MR) is 34.7 cm³/mol. The number of nitrogens with zero attached hydrogens (tertiary/aromatic N) is 3. The summed E-state index contributed by atoms with van der Waals surface area (Å²) in [6.45, 7) is 0. The molecule has 13 nitrogen and oxygen atoms in total. The van der Waals surface area contributed by atoms with E-state index >= 15 is 0 Å². The van der Waals surface area contributed by atoms with Gasteiger partial charge in [0, 0.05) is 0 Å². The van der Waals surface area contributed by atoms with Crippen molar-refractivity contribution in [3.8, 4) is 0 Å². The second-order valence-corrected chi connectivity index (χ2v) is 0.671. The summed E-state index contributed by atoms with van der Waals surface area (Å²) in [7, 11) is 0. The molecule has 14 heavy (non-hydrogen) atoms. The Bertz CT molecular complexity index is 113. The molecule has 0 saturated carbocycles. The minimum atomic E-state index is -1.75. The van der Waals surface area contributed by atoms with E-state index < -0.39 is 15.3 Å². The van der Waals surface area contributed by atoms with Gasteiger partial charge >= 0.3 is 41.7 Å². The molecule has 0 amide bonds. The van der Waals surface area contributed by atoms with Gasteiger partial charge in [-0.2, -0.15) is 0 Å². The molecule has 14 heteroatoms. The molecule has 0 aromatic rings. The van der Waals surface area contributed by atoms with Gasteiger partial charge in [0.2, 0.25) is 0 Å². The molecular weight excluding hydrogens is 342 g/mol. The van der Waals surface area contributed by atoms with Crippen molar-refractivity contribution >= 4 is 0 Å². The molecule has 0 fully saturated rings. The molecule has 81 valence electrons. The molecule has 0 aliphatic rings. The normalized spacial score (nSPS) is 5.14. The molecule has 0 atom stereocenters. The van der Waals surface area contributed by atoms with Gasteiger partial charge in [-0.25, -0.2) is 0 Å². The Morgan fingerprint density at radius 3 is 0.571 bits per heavy atom. The summed E-state index contributed by atoms with van der Waals surface area (Å²) in [5.41, 5.74) is 0. The molecule has 2 N–H and O–H groups in total. The Morgan fingerprint density at radius 2 is 0.571 bits per heavy atom. The van der Waals surface area contributed by atoms with Gasteiger partial charge in [-0.3, -0.25) is 0 Å². The van der Waals surface area contributed by atoms with Crippen LogP contribution in [0.25, 0.3) is 0 Å². The summed E-state index contributed by atoms with van der Waals surface area (Å²) in [5.74, 6) is 0. The first-order valence-electron chi connectivity index (χ1n) is 1.64. The Kier molecular flexibility index (Phi) is 47.4. The van der Waals surface area contributed by atoms with E-state index in [1.165, 1.54) is 0 Å². The molecule has 1 radical (unpaired) electrons. The fraction of sp³-hybridized carbons (Fsp3) is 0. The third-order valence-corrected chi connectivity index (χ3v) is 0. The summed E-state index contributed by atoms with van der Waals surface area (Å²) in [5, 5.41) is 44.2. The molecule has 0 saturated heterocycles. The van der Waals surface area contributed by atoms with Crippen LogP contribution in [0.1, 0.15) is 0 Å². The number of hydrogen-bond donors (Lipinski definition) is 0. The van der Waals surface area contributed by atoms with E-state index in [4.69, 9.17) is 46.0 Å².